The van der Waals surface area contributed by atoms with Gasteiger partial charge in [0.05, 0.1) is 11.3 Å². The molecular weight excluding hydrogens is 297 g/mol. The van der Waals surface area contributed by atoms with E-state index in [0.29, 0.717) is 12.4 Å². The van der Waals surface area contributed by atoms with Crippen molar-refractivity contribution >= 4 is 16.1 Å². The molecule has 0 saturated carbocycles. The molecule has 0 aliphatic heterocycles. The number of hydrogen-bond donors (Lipinski definition) is 0. The van der Waals surface area contributed by atoms with Crippen molar-refractivity contribution in [3.8, 4) is 5.75 Å². The minimum Gasteiger partial charge on any atom is -0.492 e. The molecule has 0 aliphatic carbocycles. The Morgan fingerprint density at radius 2 is 1.95 bits per heavy atom. The predicted molar refractivity (Wildman–Crippen MR) is 66.7 cm³/mol. The largest absolute Gasteiger partial charge is 0.492 e. The number of ether oxygens (including phenoxy) is 1. The zero-order valence-corrected chi connectivity index (χ0v) is 11.4. The molecular formula is C12H13F3O4S. The first-order chi connectivity index (χ1) is 9.19. The van der Waals surface area contributed by atoms with Crippen LogP contribution >= 0.6 is 0 Å². The van der Waals surface area contributed by atoms with Gasteiger partial charge in [0.25, 0.3) is 0 Å². The normalized spacial score (nSPS) is 12.2. The minimum absolute atomic E-state index is 0.105. The Labute approximate surface area is 114 Å². The zero-order chi connectivity index (χ0) is 15.4. The number of sulfone groups is 1. The topological polar surface area (TPSA) is 60.4 Å². The van der Waals surface area contributed by atoms with Gasteiger partial charge in [0.1, 0.15) is 18.6 Å². The molecule has 0 aromatic heterocycles. The lowest BCUT2D eigenvalue weighted by molar-refractivity contribution is -0.138. The van der Waals surface area contributed by atoms with Gasteiger partial charge in [-0.1, -0.05) is 6.92 Å². The van der Waals surface area contributed by atoms with E-state index in [2.05, 4.69) is 0 Å². The fourth-order valence-electron chi connectivity index (χ4n) is 1.39. The number of halogens is 3. The minimum atomic E-state index is -4.68. The van der Waals surface area contributed by atoms with Gasteiger partial charge < -0.3 is 4.74 Å². The molecule has 8 heteroatoms. The fraction of sp³-hybridized carbons (Fsp3) is 0.417. The molecule has 0 radical (unpaired) electrons. The van der Waals surface area contributed by atoms with Gasteiger partial charge >= 0.3 is 6.18 Å². The molecule has 1 aromatic rings. The second-order valence-electron chi connectivity index (χ2n) is 3.96. The average molecular weight is 310 g/mol. The standard InChI is InChI=1S/C12H13F3O4S/c1-2-20(17,18)6-5-19-11-4-3-9(8-16)7-10(11)12(13,14)15/h3-4,7-8H,2,5-6H2,1H3. The maximum atomic E-state index is 12.8. The van der Waals surface area contributed by atoms with E-state index in [1.165, 1.54) is 13.0 Å². The molecule has 4 nitrogen and oxygen atoms in total. The van der Waals surface area contributed by atoms with Gasteiger partial charge in [-0.2, -0.15) is 13.2 Å². The van der Waals surface area contributed by atoms with Crippen LogP contribution in [0.15, 0.2) is 18.2 Å². The summed E-state index contributed by atoms with van der Waals surface area (Å²) >= 11 is 0. The van der Waals surface area contributed by atoms with Crippen LogP contribution in [0.3, 0.4) is 0 Å². The third-order valence-electron chi connectivity index (χ3n) is 2.54. The van der Waals surface area contributed by atoms with Crippen molar-refractivity contribution in [3.05, 3.63) is 29.3 Å². The summed E-state index contributed by atoms with van der Waals surface area (Å²) in [7, 11) is -3.31. The van der Waals surface area contributed by atoms with E-state index in [4.69, 9.17) is 4.74 Å². The second-order valence-corrected chi connectivity index (χ2v) is 6.43. The smallest absolute Gasteiger partial charge is 0.419 e. The van der Waals surface area contributed by atoms with Gasteiger partial charge in [-0.15, -0.1) is 0 Å². The molecule has 0 aliphatic rings. The molecule has 20 heavy (non-hydrogen) atoms. The highest BCUT2D eigenvalue weighted by Gasteiger charge is 2.34. The van der Waals surface area contributed by atoms with Crippen molar-refractivity contribution in [2.75, 3.05) is 18.1 Å². The van der Waals surface area contributed by atoms with Crippen LogP contribution in [0.4, 0.5) is 13.2 Å². The Morgan fingerprint density at radius 3 is 2.45 bits per heavy atom. The Bertz CT molecular complexity index is 579. The van der Waals surface area contributed by atoms with Crippen LogP contribution in [0.2, 0.25) is 0 Å². The van der Waals surface area contributed by atoms with Crippen LogP contribution < -0.4 is 4.74 Å². The molecule has 1 rings (SSSR count). The van der Waals surface area contributed by atoms with Crippen molar-refractivity contribution in [3.63, 3.8) is 0 Å². The number of alkyl halides is 3. The molecule has 0 saturated heterocycles. The summed E-state index contributed by atoms with van der Waals surface area (Å²) in [6.07, 6.45) is -4.39. The van der Waals surface area contributed by atoms with Crippen molar-refractivity contribution < 1.29 is 31.1 Å². The summed E-state index contributed by atoms with van der Waals surface area (Å²) in [6, 6.07) is 2.84. The van der Waals surface area contributed by atoms with E-state index >= 15 is 0 Å². The summed E-state index contributed by atoms with van der Waals surface area (Å²) in [5.41, 5.74) is -1.23. The zero-order valence-electron chi connectivity index (χ0n) is 10.6. The lowest BCUT2D eigenvalue weighted by atomic mass is 10.1. The van der Waals surface area contributed by atoms with E-state index in [9.17, 15) is 26.4 Å². The third-order valence-corrected chi connectivity index (χ3v) is 4.21. The van der Waals surface area contributed by atoms with Crippen molar-refractivity contribution in [1.82, 2.24) is 0 Å². The number of aldehydes is 1. The second kappa shape index (κ2) is 6.25. The van der Waals surface area contributed by atoms with Gasteiger partial charge in [0, 0.05) is 11.3 Å². The van der Waals surface area contributed by atoms with Gasteiger partial charge in [-0.3, -0.25) is 4.79 Å². The average Bonchev–Trinajstić information content (AvgIpc) is 2.37. The lowest BCUT2D eigenvalue weighted by Crippen LogP contribution is -2.17. The van der Waals surface area contributed by atoms with E-state index in [1.54, 1.807) is 0 Å². The molecule has 0 unspecified atom stereocenters. The summed E-state index contributed by atoms with van der Waals surface area (Å²) in [4.78, 5) is 10.5. The van der Waals surface area contributed by atoms with Crippen LogP contribution in [0.5, 0.6) is 5.75 Å². The van der Waals surface area contributed by atoms with Crippen LogP contribution in [0.1, 0.15) is 22.8 Å². The van der Waals surface area contributed by atoms with Crippen molar-refractivity contribution in [2.24, 2.45) is 0 Å². The molecule has 0 spiro atoms. The number of benzene rings is 1. The first-order valence-electron chi connectivity index (χ1n) is 5.69. The molecule has 112 valence electrons. The quantitative estimate of drug-likeness (QED) is 0.757. The van der Waals surface area contributed by atoms with Crippen LogP contribution in [0.25, 0.3) is 0 Å². The lowest BCUT2D eigenvalue weighted by Gasteiger charge is -2.14. The number of rotatable bonds is 6. The maximum Gasteiger partial charge on any atom is 0.419 e. The molecule has 0 amide bonds. The Kier molecular flexibility index (Phi) is 5.15. The Balaban J connectivity index is 2.92. The monoisotopic (exact) mass is 310 g/mol. The summed E-state index contributed by atoms with van der Waals surface area (Å²) in [6.45, 7) is 1.06. The molecule has 0 N–H and O–H groups in total. The highest BCUT2D eigenvalue weighted by atomic mass is 32.2. The van der Waals surface area contributed by atoms with E-state index < -0.39 is 27.3 Å². The molecule has 0 bridgehead atoms. The van der Waals surface area contributed by atoms with E-state index in [1.807, 2.05) is 0 Å². The summed E-state index contributed by atoms with van der Waals surface area (Å²) in [5.74, 6) is -0.961. The van der Waals surface area contributed by atoms with Gasteiger partial charge in [0.15, 0.2) is 9.84 Å². The van der Waals surface area contributed by atoms with Gasteiger partial charge in [-0.05, 0) is 18.2 Å². The third kappa shape index (κ3) is 4.52. The van der Waals surface area contributed by atoms with Crippen molar-refractivity contribution in [2.45, 2.75) is 13.1 Å². The maximum absolute atomic E-state index is 12.8. The van der Waals surface area contributed by atoms with Gasteiger partial charge in [0.2, 0.25) is 0 Å². The first-order valence-corrected chi connectivity index (χ1v) is 7.51. The fourth-order valence-corrected chi connectivity index (χ4v) is 2.02. The number of carbonyl (C=O) groups is 1. The SMILES string of the molecule is CCS(=O)(=O)CCOc1ccc(C=O)cc1C(F)(F)F. The summed E-state index contributed by atoms with van der Waals surface area (Å²) < 4.78 is 65.7. The van der Waals surface area contributed by atoms with Crippen LogP contribution in [0, 0.1) is 0 Å². The number of carbonyl (C=O) groups excluding carboxylic acids is 1. The molecule has 0 heterocycles. The number of hydrogen-bond acceptors (Lipinski definition) is 4. The first kappa shape index (κ1) is 16.5. The Morgan fingerprint density at radius 1 is 1.30 bits per heavy atom. The highest BCUT2D eigenvalue weighted by molar-refractivity contribution is 7.91. The van der Waals surface area contributed by atoms with Crippen LogP contribution in [-0.2, 0) is 16.0 Å². The van der Waals surface area contributed by atoms with Crippen LogP contribution in [-0.4, -0.2) is 32.8 Å². The predicted octanol–water partition coefficient (Wildman–Crippen LogP) is 2.33. The Hall–Kier alpha value is -1.57. The van der Waals surface area contributed by atoms with Crippen molar-refractivity contribution in [1.29, 1.82) is 0 Å². The van der Waals surface area contributed by atoms with E-state index in [0.717, 1.165) is 6.07 Å². The van der Waals surface area contributed by atoms with Gasteiger partial charge in [-0.25, -0.2) is 8.42 Å². The summed E-state index contributed by atoms with van der Waals surface area (Å²) in [5, 5.41) is 0. The van der Waals surface area contributed by atoms with E-state index in [-0.39, 0.29) is 23.7 Å². The highest BCUT2D eigenvalue weighted by Crippen LogP contribution is 2.36. The molecule has 0 fully saturated rings. The molecule has 0 atom stereocenters. The molecule has 1 aromatic carbocycles.